The molecule has 0 heterocycles. The number of benzene rings is 2. The highest BCUT2D eigenvalue weighted by atomic mass is 79.9. The van der Waals surface area contributed by atoms with E-state index < -0.39 is 11.7 Å². The van der Waals surface area contributed by atoms with Crippen LogP contribution in [0.5, 0.6) is 0 Å². The van der Waals surface area contributed by atoms with Gasteiger partial charge in [0.1, 0.15) is 11.6 Å². The standard InChI is InChI=1S/C15H13BrF2N2O/c1-9-2-4-11(17)7-14(9)19-8-15(21)20-13-5-3-10(16)6-12(13)18/h2-7,19H,8H2,1H3,(H,20,21). The molecule has 0 aromatic heterocycles. The molecule has 3 nitrogen and oxygen atoms in total. The van der Waals surface area contributed by atoms with E-state index in [2.05, 4.69) is 26.6 Å². The molecule has 0 aliphatic carbocycles. The van der Waals surface area contributed by atoms with Crippen molar-refractivity contribution in [3.8, 4) is 0 Å². The van der Waals surface area contributed by atoms with Gasteiger partial charge in [0.15, 0.2) is 0 Å². The number of nitrogens with one attached hydrogen (secondary N) is 2. The smallest absolute Gasteiger partial charge is 0.243 e. The summed E-state index contributed by atoms with van der Waals surface area (Å²) in [5.74, 6) is -1.33. The second kappa shape index (κ2) is 6.67. The summed E-state index contributed by atoms with van der Waals surface area (Å²) in [5, 5.41) is 5.27. The van der Waals surface area contributed by atoms with Crippen molar-refractivity contribution >= 4 is 33.2 Å². The maximum atomic E-state index is 13.6. The molecule has 0 aliphatic heterocycles. The van der Waals surface area contributed by atoms with Crippen molar-refractivity contribution in [2.75, 3.05) is 17.2 Å². The molecule has 2 aromatic carbocycles. The van der Waals surface area contributed by atoms with E-state index >= 15 is 0 Å². The summed E-state index contributed by atoms with van der Waals surface area (Å²) < 4.78 is 27.3. The first-order valence-electron chi connectivity index (χ1n) is 6.20. The van der Waals surface area contributed by atoms with Crippen LogP contribution in [0.3, 0.4) is 0 Å². The quantitative estimate of drug-likeness (QED) is 0.868. The molecule has 6 heteroatoms. The molecule has 110 valence electrons. The predicted octanol–water partition coefficient (Wildman–Crippen LogP) is 4.09. The molecule has 0 unspecified atom stereocenters. The van der Waals surface area contributed by atoms with Crippen LogP contribution in [0.15, 0.2) is 40.9 Å². The molecule has 0 saturated carbocycles. The van der Waals surface area contributed by atoms with Gasteiger partial charge in [0.25, 0.3) is 0 Å². The highest BCUT2D eigenvalue weighted by molar-refractivity contribution is 9.10. The fourth-order valence-electron chi connectivity index (χ4n) is 1.75. The molecular weight excluding hydrogens is 342 g/mol. The molecule has 0 radical (unpaired) electrons. The number of aryl methyl sites for hydroxylation is 1. The third-order valence-electron chi connectivity index (χ3n) is 2.84. The lowest BCUT2D eigenvalue weighted by Gasteiger charge is -2.10. The van der Waals surface area contributed by atoms with Gasteiger partial charge in [-0.05, 0) is 42.8 Å². The molecule has 2 rings (SSSR count). The van der Waals surface area contributed by atoms with Crippen molar-refractivity contribution in [3.63, 3.8) is 0 Å². The van der Waals surface area contributed by atoms with E-state index in [0.29, 0.717) is 10.2 Å². The molecule has 0 atom stereocenters. The first-order valence-corrected chi connectivity index (χ1v) is 7.00. The Bertz CT molecular complexity index is 677. The molecule has 2 aromatic rings. The topological polar surface area (TPSA) is 41.1 Å². The number of carbonyl (C=O) groups is 1. The lowest BCUT2D eigenvalue weighted by atomic mass is 10.2. The average molecular weight is 355 g/mol. The van der Waals surface area contributed by atoms with Gasteiger partial charge < -0.3 is 10.6 Å². The third-order valence-corrected chi connectivity index (χ3v) is 3.34. The van der Waals surface area contributed by atoms with Gasteiger partial charge in [0.05, 0.1) is 12.2 Å². The van der Waals surface area contributed by atoms with E-state index in [1.54, 1.807) is 19.1 Å². The molecule has 0 aliphatic rings. The maximum Gasteiger partial charge on any atom is 0.243 e. The van der Waals surface area contributed by atoms with E-state index in [-0.39, 0.29) is 18.0 Å². The Kier molecular flexibility index (Phi) is 4.90. The number of hydrogen-bond acceptors (Lipinski definition) is 2. The highest BCUT2D eigenvalue weighted by Crippen LogP contribution is 2.19. The summed E-state index contributed by atoms with van der Waals surface area (Å²) in [6, 6.07) is 8.62. The van der Waals surface area contributed by atoms with Crippen LogP contribution in [0.4, 0.5) is 20.2 Å². The Labute approximate surface area is 129 Å². The lowest BCUT2D eigenvalue weighted by Crippen LogP contribution is -2.22. The Morgan fingerprint density at radius 3 is 2.62 bits per heavy atom. The van der Waals surface area contributed by atoms with Gasteiger partial charge in [-0.15, -0.1) is 0 Å². The van der Waals surface area contributed by atoms with Crippen molar-refractivity contribution in [2.45, 2.75) is 6.92 Å². The molecule has 21 heavy (non-hydrogen) atoms. The molecule has 1 amide bonds. The first kappa shape index (κ1) is 15.4. The zero-order valence-electron chi connectivity index (χ0n) is 11.2. The van der Waals surface area contributed by atoms with Crippen LogP contribution in [-0.2, 0) is 4.79 Å². The van der Waals surface area contributed by atoms with Gasteiger partial charge in [-0.2, -0.15) is 0 Å². The summed E-state index contributed by atoms with van der Waals surface area (Å²) in [6.45, 7) is 1.72. The maximum absolute atomic E-state index is 13.6. The summed E-state index contributed by atoms with van der Waals surface area (Å²) in [5.41, 5.74) is 1.45. The molecular formula is C15H13BrF2N2O. The molecule has 0 spiro atoms. The van der Waals surface area contributed by atoms with E-state index in [1.807, 2.05) is 0 Å². The van der Waals surface area contributed by atoms with Gasteiger partial charge in [0.2, 0.25) is 5.91 Å². The van der Waals surface area contributed by atoms with Crippen molar-refractivity contribution in [1.82, 2.24) is 0 Å². The van der Waals surface area contributed by atoms with Crippen LogP contribution in [0.2, 0.25) is 0 Å². The number of amides is 1. The monoisotopic (exact) mass is 354 g/mol. The molecule has 2 N–H and O–H groups in total. The number of rotatable bonds is 4. The Hall–Kier alpha value is -1.95. The van der Waals surface area contributed by atoms with Crippen LogP contribution in [0, 0.1) is 18.6 Å². The molecule has 0 fully saturated rings. The van der Waals surface area contributed by atoms with E-state index in [0.717, 1.165) is 5.56 Å². The van der Waals surface area contributed by atoms with Crippen LogP contribution >= 0.6 is 15.9 Å². The van der Waals surface area contributed by atoms with E-state index in [9.17, 15) is 13.6 Å². The van der Waals surface area contributed by atoms with Crippen molar-refractivity contribution in [1.29, 1.82) is 0 Å². The Balaban J connectivity index is 1.97. The Morgan fingerprint density at radius 2 is 1.90 bits per heavy atom. The van der Waals surface area contributed by atoms with Crippen molar-refractivity contribution < 1.29 is 13.6 Å². The Morgan fingerprint density at radius 1 is 1.14 bits per heavy atom. The van der Waals surface area contributed by atoms with Gasteiger partial charge in [-0.3, -0.25) is 4.79 Å². The normalized spacial score (nSPS) is 10.3. The van der Waals surface area contributed by atoms with E-state index in [1.165, 1.54) is 24.3 Å². The second-order valence-corrected chi connectivity index (χ2v) is 5.40. The van der Waals surface area contributed by atoms with Crippen LogP contribution in [0.25, 0.3) is 0 Å². The zero-order valence-corrected chi connectivity index (χ0v) is 12.8. The minimum atomic E-state index is -0.528. The number of carbonyl (C=O) groups excluding carboxylic acids is 1. The van der Waals surface area contributed by atoms with Gasteiger partial charge >= 0.3 is 0 Å². The lowest BCUT2D eigenvalue weighted by molar-refractivity contribution is -0.114. The van der Waals surface area contributed by atoms with E-state index in [4.69, 9.17) is 0 Å². The average Bonchev–Trinajstić information content (AvgIpc) is 2.43. The van der Waals surface area contributed by atoms with Gasteiger partial charge in [-0.1, -0.05) is 22.0 Å². The third kappa shape index (κ3) is 4.26. The summed E-state index contributed by atoms with van der Waals surface area (Å²) >= 11 is 3.14. The van der Waals surface area contributed by atoms with Gasteiger partial charge in [0, 0.05) is 10.2 Å². The van der Waals surface area contributed by atoms with Crippen molar-refractivity contribution in [3.05, 3.63) is 58.1 Å². The number of hydrogen-bond donors (Lipinski definition) is 2. The number of halogens is 3. The fraction of sp³-hybridized carbons (Fsp3) is 0.133. The minimum absolute atomic E-state index is 0.0835. The second-order valence-electron chi connectivity index (χ2n) is 4.49. The molecule has 0 bridgehead atoms. The number of anilines is 2. The minimum Gasteiger partial charge on any atom is -0.376 e. The van der Waals surface area contributed by atoms with Crippen molar-refractivity contribution in [2.24, 2.45) is 0 Å². The first-order chi connectivity index (χ1) is 9.95. The largest absolute Gasteiger partial charge is 0.376 e. The predicted molar refractivity (Wildman–Crippen MR) is 82.4 cm³/mol. The highest BCUT2D eigenvalue weighted by Gasteiger charge is 2.08. The SMILES string of the molecule is Cc1ccc(F)cc1NCC(=O)Nc1ccc(Br)cc1F. The summed E-state index contributed by atoms with van der Waals surface area (Å²) in [4.78, 5) is 11.8. The fourth-order valence-corrected chi connectivity index (χ4v) is 2.08. The summed E-state index contributed by atoms with van der Waals surface area (Å²) in [7, 11) is 0. The molecule has 0 saturated heterocycles. The zero-order chi connectivity index (χ0) is 15.4. The van der Waals surface area contributed by atoms with Crippen LogP contribution in [-0.4, -0.2) is 12.5 Å². The van der Waals surface area contributed by atoms with Crippen LogP contribution < -0.4 is 10.6 Å². The van der Waals surface area contributed by atoms with Gasteiger partial charge in [-0.25, -0.2) is 8.78 Å². The summed E-state index contributed by atoms with van der Waals surface area (Å²) in [6.07, 6.45) is 0. The van der Waals surface area contributed by atoms with Crippen LogP contribution in [0.1, 0.15) is 5.56 Å².